The van der Waals surface area contributed by atoms with Crippen LogP contribution in [-0.4, -0.2) is 15.9 Å². The second-order valence-electron chi connectivity index (χ2n) is 7.04. The summed E-state index contributed by atoms with van der Waals surface area (Å²) in [5, 5.41) is 4.16. The SMILES string of the molecule is Cc1ncccc1C(=O)Nc1cc2ccccc2nc1C1CCCCC1. The van der Waals surface area contributed by atoms with Crippen molar-refractivity contribution in [1.29, 1.82) is 0 Å². The highest BCUT2D eigenvalue weighted by Crippen LogP contribution is 2.36. The van der Waals surface area contributed by atoms with Gasteiger partial charge in [0.25, 0.3) is 5.91 Å². The highest BCUT2D eigenvalue weighted by atomic mass is 16.1. The second-order valence-corrected chi connectivity index (χ2v) is 7.04. The number of nitrogens with one attached hydrogen (secondary N) is 1. The van der Waals surface area contributed by atoms with Crippen molar-refractivity contribution in [3.63, 3.8) is 0 Å². The Bertz CT molecular complexity index is 945. The van der Waals surface area contributed by atoms with E-state index < -0.39 is 0 Å². The Hall–Kier alpha value is -2.75. The van der Waals surface area contributed by atoms with Crippen LogP contribution in [-0.2, 0) is 0 Å². The van der Waals surface area contributed by atoms with E-state index in [1.165, 1.54) is 19.3 Å². The van der Waals surface area contributed by atoms with Gasteiger partial charge >= 0.3 is 0 Å². The van der Waals surface area contributed by atoms with Gasteiger partial charge in [-0.1, -0.05) is 37.5 Å². The molecule has 0 bridgehead atoms. The second kappa shape index (κ2) is 7.24. The van der Waals surface area contributed by atoms with Gasteiger partial charge in [-0.15, -0.1) is 0 Å². The number of fused-ring (bicyclic) bond motifs is 1. The minimum Gasteiger partial charge on any atom is -0.320 e. The van der Waals surface area contributed by atoms with E-state index in [1.54, 1.807) is 12.3 Å². The van der Waals surface area contributed by atoms with E-state index in [-0.39, 0.29) is 5.91 Å². The number of rotatable bonds is 3. The van der Waals surface area contributed by atoms with Gasteiger partial charge < -0.3 is 5.32 Å². The Balaban J connectivity index is 1.74. The number of amides is 1. The number of pyridine rings is 2. The lowest BCUT2D eigenvalue weighted by atomic mass is 9.85. The van der Waals surface area contributed by atoms with E-state index in [0.29, 0.717) is 11.5 Å². The Morgan fingerprint density at radius 1 is 1.08 bits per heavy atom. The predicted octanol–water partition coefficient (Wildman–Crippen LogP) is 5.24. The van der Waals surface area contributed by atoms with Crippen molar-refractivity contribution in [3.05, 3.63) is 65.6 Å². The maximum absolute atomic E-state index is 12.8. The molecule has 4 heteroatoms. The van der Waals surface area contributed by atoms with Gasteiger partial charge in [0.1, 0.15) is 0 Å². The summed E-state index contributed by atoms with van der Waals surface area (Å²) in [5.41, 5.74) is 4.19. The zero-order valence-electron chi connectivity index (χ0n) is 15.0. The molecule has 1 saturated carbocycles. The van der Waals surface area contributed by atoms with Crippen LogP contribution in [0.3, 0.4) is 0 Å². The quantitative estimate of drug-likeness (QED) is 0.706. The van der Waals surface area contributed by atoms with Crippen LogP contribution in [0.2, 0.25) is 0 Å². The van der Waals surface area contributed by atoms with Crippen molar-refractivity contribution >= 4 is 22.5 Å². The van der Waals surface area contributed by atoms with Gasteiger partial charge in [0.05, 0.1) is 22.5 Å². The molecular formula is C22H23N3O. The fourth-order valence-electron chi connectivity index (χ4n) is 3.83. The van der Waals surface area contributed by atoms with Crippen LogP contribution in [0.5, 0.6) is 0 Å². The maximum atomic E-state index is 12.8. The Morgan fingerprint density at radius 2 is 1.88 bits per heavy atom. The van der Waals surface area contributed by atoms with Crippen molar-refractivity contribution in [2.75, 3.05) is 5.32 Å². The Morgan fingerprint density at radius 3 is 2.69 bits per heavy atom. The molecule has 4 rings (SSSR count). The van der Waals surface area contributed by atoms with Crippen molar-refractivity contribution in [1.82, 2.24) is 9.97 Å². The Labute approximate surface area is 153 Å². The van der Waals surface area contributed by atoms with Crippen LogP contribution < -0.4 is 5.32 Å². The van der Waals surface area contributed by atoms with E-state index in [0.717, 1.165) is 40.8 Å². The van der Waals surface area contributed by atoms with Crippen LogP contribution in [0.15, 0.2) is 48.7 Å². The van der Waals surface area contributed by atoms with Crippen molar-refractivity contribution in [2.45, 2.75) is 44.9 Å². The van der Waals surface area contributed by atoms with Crippen LogP contribution >= 0.6 is 0 Å². The minimum absolute atomic E-state index is 0.121. The first kappa shape index (κ1) is 16.7. The monoisotopic (exact) mass is 345 g/mol. The standard InChI is InChI=1S/C22H23N3O/c1-15-18(11-7-13-23-15)22(26)25-20-14-17-10-5-6-12-19(17)24-21(20)16-8-3-2-4-9-16/h5-7,10-14,16H,2-4,8-9H2,1H3,(H,25,26). The van der Waals surface area contributed by atoms with Crippen molar-refractivity contribution < 1.29 is 4.79 Å². The van der Waals surface area contributed by atoms with Crippen LogP contribution in [0.4, 0.5) is 5.69 Å². The molecule has 2 heterocycles. The molecule has 3 aromatic rings. The molecule has 0 atom stereocenters. The number of anilines is 1. The molecule has 1 fully saturated rings. The third-order valence-corrected chi connectivity index (χ3v) is 5.25. The lowest BCUT2D eigenvalue weighted by molar-refractivity contribution is 0.102. The zero-order chi connectivity index (χ0) is 17.9. The first-order valence-electron chi connectivity index (χ1n) is 9.35. The third-order valence-electron chi connectivity index (χ3n) is 5.25. The minimum atomic E-state index is -0.121. The molecular weight excluding hydrogens is 322 g/mol. The molecule has 0 aliphatic heterocycles. The normalized spacial score (nSPS) is 15.1. The fraction of sp³-hybridized carbons (Fsp3) is 0.318. The number of nitrogens with zero attached hydrogens (tertiary/aromatic N) is 2. The lowest BCUT2D eigenvalue weighted by Gasteiger charge is -2.24. The summed E-state index contributed by atoms with van der Waals surface area (Å²) < 4.78 is 0. The van der Waals surface area contributed by atoms with Crippen LogP contribution in [0.1, 0.15) is 59.8 Å². The molecule has 0 spiro atoms. The molecule has 1 aliphatic rings. The highest BCUT2D eigenvalue weighted by molar-refractivity contribution is 6.06. The van der Waals surface area contributed by atoms with E-state index >= 15 is 0 Å². The molecule has 0 unspecified atom stereocenters. The van der Waals surface area contributed by atoms with Gasteiger partial charge in [-0.3, -0.25) is 14.8 Å². The van der Waals surface area contributed by atoms with Crippen molar-refractivity contribution in [2.24, 2.45) is 0 Å². The highest BCUT2D eigenvalue weighted by Gasteiger charge is 2.22. The summed E-state index contributed by atoms with van der Waals surface area (Å²) in [7, 11) is 0. The molecule has 1 N–H and O–H groups in total. The summed E-state index contributed by atoms with van der Waals surface area (Å²) in [5.74, 6) is 0.295. The molecule has 1 amide bonds. The van der Waals surface area contributed by atoms with Gasteiger partial charge in [-0.2, -0.15) is 0 Å². The lowest BCUT2D eigenvalue weighted by Crippen LogP contribution is -2.17. The topological polar surface area (TPSA) is 54.9 Å². The van der Waals surface area contributed by atoms with Gasteiger partial charge in [0.2, 0.25) is 0 Å². The summed E-state index contributed by atoms with van der Waals surface area (Å²) in [6.07, 6.45) is 7.74. The van der Waals surface area contributed by atoms with Crippen molar-refractivity contribution in [3.8, 4) is 0 Å². The number of para-hydroxylation sites is 1. The molecule has 26 heavy (non-hydrogen) atoms. The molecule has 1 aliphatic carbocycles. The first-order valence-corrected chi connectivity index (χ1v) is 9.35. The number of benzene rings is 1. The van der Waals surface area contributed by atoms with Gasteiger partial charge in [0.15, 0.2) is 0 Å². The summed E-state index contributed by atoms with van der Waals surface area (Å²) in [6.45, 7) is 1.86. The zero-order valence-corrected chi connectivity index (χ0v) is 15.0. The average Bonchev–Trinajstić information content (AvgIpc) is 2.68. The number of carbonyl (C=O) groups is 1. The summed E-state index contributed by atoms with van der Waals surface area (Å²) in [4.78, 5) is 22.0. The van der Waals surface area contributed by atoms with E-state index in [9.17, 15) is 4.79 Å². The Kier molecular flexibility index (Phi) is 4.65. The smallest absolute Gasteiger partial charge is 0.257 e. The molecule has 2 aromatic heterocycles. The average molecular weight is 345 g/mol. The molecule has 0 radical (unpaired) electrons. The number of aryl methyl sites for hydroxylation is 1. The van der Waals surface area contributed by atoms with Gasteiger partial charge in [0, 0.05) is 23.2 Å². The van der Waals surface area contributed by atoms with Crippen LogP contribution in [0.25, 0.3) is 10.9 Å². The predicted molar refractivity (Wildman–Crippen MR) is 104 cm³/mol. The molecule has 132 valence electrons. The largest absolute Gasteiger partial charge is 0.320 e. The summed E-state index contributed by atoms with van der Waals surface area (Å²) >= 11 is 0. The number of carbonyl (C=O) groups excluding carboxylic acids is 1. The molecule has 1 aromatic carbocycles. The first-order chi connectivity index (χ1) is 12.7. The summed E-state index contributed by atoms with van der Waals surface area (Å²) in [6, 6.07) is 13.8. The van der Waals surface area contributed by atoms with Crippen LogP contribution in [0, 0.1) is 6.92 Å². The van der Waals surface area contributed by atoms with Gasteiger partial charge in [-0.05, 0) is 44.0 Å². The van der Waals surface area contributed by atoms with E-state index in [1.807, 2.05) is 37.3 Å². The molecule has 4 nitrogen and oxygen atoms in total. The van der Waals surface area contributed by atoms with E-state index in [2.05, 4.69) is 16.4 Å². The number of aromatic nitrogens is 2. The number of hydrogen-bond acceptors (Lipinski definition) is 3. The number of hydrogen-bond donors (Lipinski definition) is 1. The maximum Gasteiger partial charge on any atom is 0.257 e. The fourth-order valence-corrected chi connectivity index (χ4v) is 3.83. The van der Waals surface area contributed by atoms with Gasteiger partial charge in [-0.25, -0.2) is 0 Å². The van der Waals surface area contributed by atoms with E-state index in [4.69, 9.17) is 4.98 Å². The molecule has 0 saturated heterocycles. The third kappa shape index (κ3) is 3.32.